The first kappa shape index (κ1) is 18.0. The normalized spacial score (nSPS) is 11.5. The molecule has 26 heavy (non-hydrogen) atoms. The van der Waals surface area contributed by atoms with Gasteiger partial charge in [0.05, 0.1) is 5.75 Å². The smallest absolute Gasteiger partial charge is 0.279 e. The Morgan fingerprint density at radius 3 is 2.65 bits per heavy atom. The molecule has 0 bridgehead atoms. The zero-order chi connectivity index (χ0) is 18.5. The van der Waals surface area contributed by atoms with Gasteiger partial charge in [-0.3, -0.25) is 9.59 Å². The van der Waals surface area contributed by atoms with E-state index in [2.05, 4.69) is 25.8 Å². The van der Waals surface area contributed by atoms with Gasteiger partial charge in [-0.25, -0.2) is 4.68 Å². The molecule has 0 saturated heterocycles. The molecule has 0 unspecified atom stereocenters. The van der Waals surface area contributed by atoms with Crippen LogP contribution in [0.5, 0.6) is 0 Å². The van der Waals surface area contributed by atoms with E-state index in [1.54, 1.807) is 35.9 Å². The van der Waals surface area contributed by atoms with Crippen molar-refractivity contribution >= 4 is 40.6 Å². The molecular weight excluding hydrogens is 374 g/mol. The summed E-state index contributed by atoms with van der Waals surface area (Å²) >= 11 is 2.63. The molecule has 1 aromatic carbocycles. The van der Waals surface area contributed by atoms with E-state index in [1.165, 1.54) is 27.8 Å². The third-order valence-corrected chi connectivity index (χ3v) is 5.14. The summed E-state index contributed by atoms with van der Waals surface area (Å²) in [5, 5.41) is 16.2. The summed E-state index contributed by atoms with van der Waals surface area (Å²) in [6.07, 6.45) is 1.84. The molecule has 0 spiro atoms. The maximum atomic E-state index is 12.2. The van der Waals surface area contributed by atoms with Gasteiger partial charge in [-0.1, -0.05) is 11.8 Å². The SMILES string of the molecule is Cn1nnnc1SCC(=O)Nc1ccc(C(=O)N=c2sccn2C)cc1. The number of hydrogen-bond donors (Lipinski definition) is 1. The van der Waals surface area contributed by atoms with Crippen LogP contribution in [0, 0.1) is 0 Å². The molecule has 9 nitrogen and oxygen atoms in total. The fraction of sp³-hybridized carbons (Fsp3) is 0.200. The molecule has 2 aromatic heterocycles. The molecule has 0 aliphatic carbocycles. The molecule has 3 rings (SSSR count). The van der Waals surface area contributed by atoms with E-state index in [0.717, 1.165) is 0 Å². The van der Waals surface area contributed by atoms with Gasteiger partial charge in [0.1, 0.15) is 0 Å². The van der Waals surface area contributed by atoms with Crippen LogP contribution in [-0.2, 0) is 18.9 Å². The van der Waals surface area contributed by atoms with Gasteiger partial charge < -0.3 is 9.88 Å². The van der Waals surface area contributed by atoms with Crippen molar-refractivity contribution in [2.45, 2.75) is 5.16 Å². The molecule has 0 aliphatic heterocycles. The number of rotatable bonds is 5. The van der Waals surface area contributed by atoms with Crippen molar-refractivity contribution in [3.8, 4) is 0 Å². The molecule has 134 valence electrons. The summed E-state index contributed by atoms with van der Waals surface area (Å²) < 4.78 is 3.27. The average molecular weight is 389 g/mol. The minimum absolute atomic E-state index is 0.180. The maximum absolute atomic E-state index is 12.2. The predicted octanol–water partition coefficient (Wildman–Crippen LogP) is 1.08. The average Bonchev–Trinajstić information content (AvgIpc) is 3.22. The lowest BCUT2D eigenvalue weighted by Gasteiger charge is -2.05. The minimum atomic E-state index is -0.328. The lowest BCUT2D eigenvalue weighted by molar-refractivity contribution is -0.113. The number of amides is 2. The summed E-state index contributed by atoms with van der Waals surface area (Å²) in [5.74, 6) is -0.335. The Morgan fingerprint density at radius 2 is 2.04 bits per heavy atom. The van der Waals surface area contributed by atoms with Crippen LogP contribution >= 0.6 is 23.1 Å². The van der Waals surface area contributed by atoms with Crippen LogP contribution in [0.15, 0.2) is 46.0 Å². The second kappa shape index (κ2) is 8.06. The summed E-state index contributed by atoms with van der Waals surface area (Å²) in [6, 6.07) is 6.61. The Balaban J connectivity index is 1.59. The van der Waals surface area contributed by atoms with Gasteiger partial charge in [-0.15, -0.1) is 16.4 Å². The van der Waals surface area contributed by atoms with Crippen molar-refractivity contribution in [3.63, 3.8) is 0 Å². The number of hydrogen-bond acceptors (Lipinski definition) is 7. The fourth-order valence-corrected chi connectivity index (χ4v) is 3.33. The standard InChI is InChI=1S/C15H15N7O2S2/c1-21-7-8-25-14(21)17-13(24)10-3-5-11(6-4-10)16-12(23)9-26-15-18-19-20-22(15)2/h3-8H,9H2,1-2H3,(H,16,23). The van der Waals surface area contributed by atoms with E-state index >= 15 is 0 Å². The second-order valence-electron chi connectivity index (χ2n) is 5.21. The number of benzene rings is 1. The summed E-state index contributed by atoms with van der Waals surface area (Å²) in [6.45, 7) is 0. The number of tetrazole rings is 1. The van der Waals surface area contributed by atoms with Crippen LogP contribution in [0.4, 0.5) is 5.69 Å². The number of anilines is 1. The van der Waals surface area contributed by atoms with E-state index in [-0.39, 0.29) is 17.6 Å². The van der Waals surface area contributed by atoms with E-state index in [0.29, 0.717) is 21.2 Å². The highest BCUT2D eigenvalue weighted by Gasteiger charge is 2.09. The van der Waals surface area contributed by atoms with Gasteiger partial charge in [-0.05, 0) is 34.7 Å². The number of nitrogens with zero attached hydrogens (tertiary/aromatic N) is 6. The zero-order valence-electron chi connectivity index (χ0n) is 14.0. The highest BCUT2D eigenvalue weighted by molar-refractivity contribution is 7.99. The van der Waals surface area contributed by atoms with Crippen LogP contribution in [0.1, 0.15) is 10.4 Å². The van der Waals surface area contributed by atoms with Crippen molar-refractivity contribution in [1.29, 1.82) is 0 Å². The zero-order valence-corrected chi connectivity index (χ0v) is 15.6. The van der Waals surface area contributed by atoms with Gasteiger partial charge in [0.15, 0.2) is 4.80 Å². The molecule has 0 aliphatic rings. The van der Waals surface area contributed by atoms with Gasteiger partial charge in [0, 0.05) is 36.9 Å². The Kier molecular flexibility index (Phi) is 5.58. The molecule has 1 N–H and O–H groups in total. The van der Waals surface area contributed by atoms with Crippen LogP contribution in [0.2, 0.25) is 0 Å². The van der Waals surface area contributed by atoms with Crippen molar-refractivity contribution < 1.29 is 9.59 Å². The Hall–Kier alpha value is -2.79. The molecule has 0 saturated carbocycles. The van der Waals surface area contributed by atoms with E-state index < -0.39 is 0 Å². The van der Waals surface area contributed by atoms with E-state index in [1.807, 2.05) is 18.6 Å². The molecular formula is C15H15N7O2S2. The van der Waals surface area contributed by atoms with E-state index in [4.69, 9.17) is 0 Å². The molecule has 11 heteroatoms. The van der Waals surface area contributed by atoms with E-state index in [9.17, 15) is 9.59 Å². The summed E-state index contributed by atoms with van der Waals surface area (Å²) in [4.78, 5) is 28.9. The van der Waals surface area contributed by atoms with Gasteiger partial charge in [0.25, 0.3) is 5.91 Å². The quantitative estimate of drug-likeness (QED) is 0.655. The number of aryl methyl sites for hydroxylation is 2. The number of thioether (sulfide) groups is 1. The Morgan fingerprint density at radius 1 is 1.27 bits per heavy atom. The van der Waals surface area contributed by atoms with Crippen molar-refractivity contribution in [1.82, 2.24) is 24.8 Å². The number of nitrogens with one attached hydrogen (secondary N) is 1. The van der Waals surface area contributed by atoms with Gasteiger partial charge in [0.2, 0.25) is 11.1 Å². The Bertz CT molecular complexity index is 988. The third-order valence-electron chi connectivity index (χ3n) is 3.29. The topological polar surface area (TPSA) is 107 Å². The minimum Gasteiger partial charge on any atom is -0.327 e. The maximum Gasteiger partial charge on any atom is 0.279 e. The first-order valence-corrected chi connectivity index (χ1v) is 9.34. The highest BCUT2D eigenvalue weighted by Crippen LogP contribution is 2.14. The fourth-order valence-electron chi connectivity index (χ4n) is 1.95. The van der Waals surface area contributed by atoms with Crippen molar-refractivity contribution in [2.75, 3.05) is 11.1 Å². The highest BCUT2D eigenvalue weighted by atomic mass is 32.2. The monoisotopic (exact) mass is 389 g/mol. The van der Waals surface area contributed by atoms with Crippen LogP contribution in [-0.4, -0.2) is 42.3 Å². The third kappa shape index (κ3) is 4.43. The van der Waals surface area contributed by atoms with Gasteiger partial charge >= 0.3 is 0 Å². The Labute approximate surface area is 156 Å². The number of aromatic nitrogens is 5. The molecule has 2 amide bonds. The molecule has 0 atom stereocenters. The largest absolute Gasteiger partial charge is 0.327 e. The summed E-state index contributed by atoms with van der Waals surface area (Å²) in [7, 11) is 3.54. The number of thiazole rings is 1. The van der Waals surface area contributed by atoms with Crippen molar-refractivity contribution in [3.05, 3.63) is 46.2 Å². The molecule has 3 aromatic rings. The van der Waals surface area contributed by atoms with Gasteiger partial charge in [-0.2, -0.15) is 4.99 Å². The lowest BCUT2D eigenvalue weighted by atomic mass is 10.2. The second-order valence-corrected chi connectivity index (χ2v) is 7.03. The number of carbonyl (C=O) groups is 2. The molecule has 0 fully saturated rings. The van der Waals surface area contributed by atoms with Crippen LogP contribution in [0.25, 0.3) is 0 Å². The van der Waals surface area contributed by atoms with Crippen LogP contribution in [0.3, 0.4) is 0 Å². The summed E-state index contributed by atoms with van der Waals surface area (Å²) in [5.41, 5.74) is 1.06. The number of carbonyl (C=O) groups excluding carboxylic acids is 2. The first-order valence-electron chi connectivity index (χ1n) is 7.47. The van der Waals surface area contributed by atoms with Crippen molar-refractivity contribution in [2.24, 2.45) is 19.1 Å². The molecule has 2 heterocycles. The first-order chi connectivity index (χ1) is 12.5. The predicted molar refractivity (Wildman–Crippen MR) is 97.8 cm³/mol. The molecule has 0 radical (unpaired) electrons. The van der Waals surface area contributed by atoms with Crippen LogP contribution < -0.4 is 10.1 Å². The lowest BCUT2D eigenvalue weighted by Crippen LogP contribution is -2.15.